The van der Waals surface area contributed by atoms with E-state index in [0.717, 1.165) is 6.54 Å². The maximum absolute atomic E-state index is 4.40. The largest absolute Gasteiger partial charge is 0.297 e. The van der Waals surface area contributed by atoms with Crippen molar-refractivity contribution in [1.29, 1.82) is 0 Å². The lowest BCUT2D eigenvalue weighted by atomic mass is 9.92. The van der Waals surface area contributed by atoms with Gasteiger partial charge in [0, 0.05) is 12.8 Å². The van der Waals surface area contributed by atoms with Gasteiger partial charge in [-0.1, -0.05) is 41.5 Å². The smallest absolute Gasteiger partial charge is 0.0390 e. The summed E-state index contributed by atoms with van der Waals surface area (Å²) in [5.74, 6) is 0. The second kappa shape index (κ2) is 4.06. The Morgan fingerprint density at radius 2 is 1.50 bits per heavy atom. The molecule has 0 aliphatic heterocycles. The first-order valence-corrected chi connectivity index (χ1v) is 4.72. The molecule has 0 aromatic carbocycles. The summed E-state index contributed by atoms with van der Waals surface area (Å²) in [5.41, 5.74) is 0.646. The molecule has 0 atom stereocenters. The van der Waals surface area contributed by atoms with Gasteiger partial charge >= 0.3 is 0 Å². The van der Waals surface area contributed by atoms with E-state index in [1.807, 2.05) is 0 Å². The molecule has 1 heteroatoms. The van der Waals surface area contributed by atoms with E-state index in [2.05, 4.69) is 52.7 Å². The van der Waals surface area contributed by atoms with Gasteiger partial charge < -0.3 is 0 Å². The molecule has 1 nitrogen and oxygen atoms in total. The van der Waals surface area contributed by atoms with Gasteiger partial charge in [-0.3, -0.25) is 4.99 Å². The summed E-state index contributed by atoms with van der Waals surface area (Å²) in [6, 6.07) is 0. The molecule has 0 fully saturated rings. The Morgan fingerprint density at radius 3 is 1.83 bits per heavy atom. The van der Waals surface area contributed by atoms with Crippen molar-refractivity contribution in [3.8, 4) is 0 Å². The number of nitrogens with zero attached hydrogens (tertiary/aromatic N) is 1. The number of rotatable bonds is 2. The summed E-state index contributed by atoms with van der Waals surface area (Å²) in [6.45, 7) is 14.2. The third-order valence-electron chi connectivity index (χ3n) is 1.47. The minimum absolute atomic E-state index is 0.234. The summed E-state index contributed by atoms with van der Waals surface area (Å²) in [6.07, 6.45) is 3.22. The first-order chi connectivity index (χ1) is 5.21. The van der Waals surface area contributed by atoms with Crippen molar-refractivity contribution in [2.24, 2.45) is 15.8 Å². The first kappa shape index (κ1) is 11.7. The van der Waals surface area contributed by atoms with Gasteiger partial charge in [0.15, 0.2) is 0 Å². The van der Waals surface area contributed by atoms with Gasteiger partial charge in [0.1, 0.15) is 0 Å². The average Bonchev–Trinajstić information content (AvgIpc) is 1.76. The zero-order chi connectivity index (χ0) is 9.83. The van der Waals surface area contributed by atoms with Crippen molar-refractivity contribution in [2.45, 2.75) is 48.0 Å². The van der Waals surface area contributed by atoms with Crippen molar-refractivity contribution in [1.82, 2.24) is 0 Å². The van der Waals surface area contributed by atoms with Crippen LogP contribution in [0.1, 0.15) is 48.0 Å². The molecule has 0 aliphatic rings. The lowest BCUT2D eigenvalue weighted by Gasteiger charge is -2.16. The monoisotopic (exact) mass is 169 g/mol. The van der Waals surface area contributed by atoms with Gasteiger partial charge in [-0.15, -0.1) is 0 Å². The Morgan fingerprint density at radius 1 is 1.00 bits per heavy atom. The van der Waals surface area contributed by atoms with Crippen LogP contribution in [0.5, 0.6) is 0 Å². The molecule has 0 bridgehead atoms. The molecule has 0 heterocycles. The van der Waals surface area contributed by atoms with Crippen LogP contribution in [0, 0.1) is 10.8 Å². The molecule has 0 N–H and O–H groups in total. The van der Waals surface area contributed by atoms with Crippen molar-refractivity contribution in [2.75, 3.05) is 6.54 Å². The standard InChI is InChI=1S/C11H23N/c1-10(2,3)7-8-12-9-11(4,5)6/h9H,7-8H2,1-6H3/b12-9-. The molecule has 0 saturated carbocycles. The van der Waals surface area contributed by atoms with Gasteiger partial charge in [0.2, 0.25) is 0 Å². The van der Waals surface area contributed by atoms with Crippen molar-refractivity contribution in [3.63, 3.8) is 0 Å². The quantitative estimate of drug-likeness (QED) is 0.561. The lowest BCUT2D eigenvalue weighted by Crippen LogP contribution is -2.09. The molecular weight excluding hydrogens is 146 g/mol. The van der Waals surface area contributed by atoms with Gasteiger partial charge in [0.25, 0.3) is 0 Å². The van der Waals surface area contributed by atoms with Crippen molar-refractivity contribution in [3.05, 3.63) is 0 Å². The lowest BCUT2D eigenvalue weighted by molar-refractivity contribution is 0.385. The van der Waals surface area contributed by atoms with E-state index < -0.39 is 0 Å². The summed E-state index contributed by atoms with van der Waals surface area (Å²) < 4.78 is 0. The molecule has 0 rings (SSSR count). The predicted molar refractivity (Wildman–Crippen MR) is 56.9 cm³/mol. The van der Waals surface area contributed by atoms with E-state index in [0.29, 0.717) is 5.41 Å². The van der Waals surface area contributed by atoms with Gasteiger partial charge in [-0.25, -0.2) is 0 Å². The molecule has 0 saturated heterocycles. The van der Waals surface area contributed by atoms with E-state index in [1.54, 1.807) is 0 Å². The minimum Gasteiger partial charge on any atom is -0.297 e. The zero-order valence-electron chi connectivity index (χ0n) is 9.44. The molecule has 0 unspecified atom stereocenters. The predicted octanol–water partition coefficient (Wildman–Crippen LogP) is 3.54. The summed E-state index contributed by atoms with van der Waals surface area (Å²) in [4.78, 5) is 4.40. The van der Waals surface area contributed by atoms with Crippen LogP contribution in [-0.2, 0) is 0 Å². The van der Waals surface area contributed by atoms with E-state index in [9.17, 15) is 0 Å². The molecule has 0 aliphatic carbocycles. The second-order valence-corrected chi connectivity index (χ2v) is 5.71. The van der Waals surface area contributed by atoms with E-state index >= 15 is 0 Å². The molecular formula is C11H23N. The molecule has 0 amide bonds. The number of hydrogen-bond acceptors (Lipinski definition) is 1. The van der Waals surface area contributed by atoms with Crippen LogP contribution in [-0.4, -0.2) is 12.8 Å². The molecule has 0 radical (unpaired) electrons. The fourth-order valence-corrected chi connectivity index (χ4v) is 0.738. The van der Waals surface area contributed by atoms with E-state index in [4.69, 9.17) is 0 Å². The first-order valence-electron chi connectivity index (χ1n) is 4.72. The molecule has 0 aromatic heterocycles. The molecule has 0 spiro atoms. The fourth-order valence-electron chi connectivity index (χ4n) is 0.738. The summed E-state index contributed by atoms with van der Waals surface area (Å²) in [7, 11) is 0. The topological polar surface area (TPSA) is 12.4 Å². The van der Waals surface area contributed by atoms with Crippen molar-refractivity contribution >= 4 is 6.21 Å². The summed E-state index contributed by atoms with van der Waals surface area (Å²) in [5, 5.41) is 0. The van der Waals surface area contributed by atoms with Gasteiger partial charge in [-0.2, -0.15) is 0 Å². The highest BCUT2D eigenvalue weighted by atomic mass is 14.7. The molecule has 0 aromatic rings. The van der Waals surface area contributed by atoms with Crippen LogP contribution in [0.2, 0.25) is 0 Å². The number of aliphatic imine (C=N–C) groups is 1. The van der Waals surface area contributed by atoms with Crippen molar-refractivity contribution < 1.29 is 0 Å². The average molecular weight is 169 g/mol. The highest BCUT2D eigenvalue weighted by Crippen LogP contribution is 2.18. The van der Waals surface area contributed by atoms with Gasteiger partial charge in [-0.05, 0) is 17.3 Å². The third kappa shape index (κ3) is 9.67. The van der Waals surface area contributed by atoms with E-state index in [-0.39, 0.29) is 5.41 Å². The van der Waals surface area contributed by atoms with E-state index in [1.165, 1.54) is 6.42 Å². The molecule has 72 valence electrons. The Kier molecular flexibility index (Phi) is 3.95. The Bertz CT molecular complexity index is 143. The summed E-state index contributed by atoms with van der Waals surface area (Å²) >= 11 is 0. The highest BCUT2D eigenvalue weighted by Gasteiger charge is 2.09. The minimum atomic E-state index is 0.234. The van der Waals surface area contributed by atoms with Crippen LogP contribution < -0.4 is 0 Å². The zero-order valence-corrected chi connectivity index (χ0v) is 9.44. The highest BCUT2D eigenvalue weighted by molar-refractivity contribution is 5.63. The Hall–Kier alpha value is -0.330. The maximum atomic E-state index is 4.40. The van der Waals surface area contributed by atoms with Crippen LogP contribution in [0.4, 0.5) is 0 Å². The van der Waals surface area contributed by atoms with Crippen LogP contribution in [0.15, 0.2) is 4.99 Å². The van der Waals surface area contributed by atoms with Crippen LogP contribution in [0.25, 0.3) is 0 Å². The second-order valence-electron chi connectivity index (χ2n) is 5.71. The Labute approximate surface area is 77.3 Å². The SMILES string of the molecule is CC(C)(C)/C=N\CCC(C)(C)C. The third-order valence-corrected chi connectivity index (χ3v) is 1.47. The normalized spacial score (nSPS) is 14.2. The van der Waals surface area contributed by atoms with Crippen LogP contribution >= 0.6 is 0 Å². The van der Waals surface area contributed by atoms with Crippen LogP contribution in [0.3, 0.4) is 0 Å². The number of hydrogen-bond donors (Lipinski definition) is 0. The fraction of sp³-hybridized carbons (Fsp3) is 0.909. The maximum Gasteiger partial charge on any atom is 0.0390 e. The molecule has 12 heavy (non-hydrogen) atoms. The Balaban J connectivity index is 3.64. The van der Waals surface area contributed by atoms with Gasteiger partial charge in [0.05, 0.1) is 0 Å².